The lowest BCUT2D eigenvalue weighted by atomic mass is 10.0. The number of rotatable bonds is 6. The maximum Gasteiger partial charge on any atom is 0.236 e. The summed E-state index contributed by atoms with van der Waals surface area (Å²) in [5.74, 6) is -0.0984. The number of carbonyl (C=O) groups excluding carboxylic acids is 1. The van der Waals surface area contributed by atoms with E-state index in [9.17, 15) is 4.79 Å². The van der Waals surface area contributed by atoms with Crippen LogP contribution in [0, 0.1) is 5.41 Å². The van der Waals surface area contributed by atoms with Gasteiger partial charge in [-0.05, 0) is 26.2 Å². The van der Waals surface area contributed by atoms with E-state index in [4.69, 9.17) is 16.0 Å². The molecule has 0 atom stereocenters. The number of oxime groups is 1. The Morgan fingerprint density at radius 2 is 2.19 bits per heavy atom. The van der Waals surface area contributed by atoms with Gasteiger partial charge in [0.05, 0.1) is 0 Å². The highest BCUT2D eigenvalue weighted by Crippen LogP contribution is 2.47. The zero-order valence-electron chi connectivity index (χ0n) is 9.52. The standard InChI is InChI=1S/C10H19N3O3/c1-2-13(6-3-7-14)9(15)10(4-5-10)8(11)12-16/h14,16H,2-7H2,1H3,(H2,11,12). The molecule has 1 aliphatic carbocycles. The molecule has 16 heavy (non-hydrogen) atoms. The molecule has 4 N–H and O–H groups in total. The van der Waals surface area contributed by atoms with E-state index in [0.717, 1.165) is 0 Å². The number of hydrogen-bond acceptors (Lipinski definition) is 4. The molecule has 92 valence electrons. The summed E-state index contributed by atoms with van der Waals surface area (Å²) in [6, 6.07) is 0. The van der Waals surface area contributed by atoms with Crippen molar-refractivity contribution in [1.82, 2.24) is 4.90 Å². The van der Waals surface area contributed by atoms with Crippen LogP contribution in [0.2, 0.25) is 0 Å². The van der Waals surface area contributed by atoms with E-state index in [0.29, 0.717) is 32.4 Å². The highest BCUT2D eigenvalue weighted by atomic mass is 16.4. The molecule has 6 nitrogen and oxygen atoms in total. The smallest absolute Gasteiger partial charge is 0.236 e. The minimum absolute atomic E-state index is 0.0000477. The maximum atomic E-state index is 12.1. The molecule has 6 heteroatoms. The highest BCUT2D eigenvalue weighted by Gasteiger charge is 2.55. The zero-order chi connectivity index (χ0) is 12.2. The minimum Gasteiger partial charge on any atom is -0.409 e. The highest BCUT2D eigenvalue weighted by molar-refractivity contribution is 6.09. The molecular formula is C10H19N3O3. The molecular weight excluding hydrogens is 210 g/mol. The minimum atomic E-state index is -0.778. The van der Waals surface area contributed by atoms with E-state index in [1.807, 2.05) is 6.92 Å². The molecule has 0 aromatic carbocycles. The van der Waals surface area contributed by atoms with Crippen LogP contribution in [0.1, 0.15) is 26.2 Å². The van der Waals surface area contributed by atoms with Crippen LogP contribution in [0.3, 0.4) is 0 Å². The Labute approximate surface area is 94.7 Å². The fraction of sp³-hybridized carbons (Fsp3) is 0.800. The van der Waals surface area contributed by atoms with Crippen molar-refractivity contribution in [3.8, 4) is 0 Å². The van der Waals surface area contributed by atoms with Crippen LogP contribution in [-0.2, 0) is 4.79 Å². The lowest BCUT2D eigenvalue weighted by Crippen LogP contribution is -2.44. The summed E-state index contributed by atoms with van der Waals surface area (Å²) in [7, 11) is 0. The fourth-order valence-electron chi connectivity index (χ4n) is 1.77. The number of amides is 1. The van der Waals surface area contributed by atoms with Crippen molar-refractivity contribution in [2.45, 2.75) is 26.2 Å². The lowest BCUT2D eigenvalue weighted by Gasteiger charge is -2.25. The van der Waals surface area contributed by atoms with Crippen molar-refractivity contribution in [2.75, 3.05) is 19.7 Å². The molecule has 0 unspecified atom stereocenters. The van der Waals surface area contributed by atoms with E-state index in [-0.39, 0.29) is 18.3 Å². The number of carbonyl (C=O) groups is 1. The molecule has 1 amide bonds. The Morgan fingerprint density at radius 1 is 1.56 bits per heavy atom. The number of hydrogen-bond donors (Lipinski definition) is 3. The Morgan fingerprint density at radius 3 is 2.56 bits per heavy atom. The van der Waals surface area contributed by atoms with Gasteiger partial charge in [0.1, 0.15) is 5.41 Å². The van der Waals surface area contributed by atoms with Crippen molar-refractivity contribution >= 4 is 11.7 Å². The zero-order valence-corrected chi connectivity index (χ0v) is 9.52. The van der Waals surface area contributed by atoms with Gasteiger partial charge in [-0.1, -0.05) is 5.16 Å². The van der Waals surface area contributed by atoms with E-state index in [1.54, 1.807) is 4.90 Å². The second-order valence-electron chi connectivity index (χ2n) is 4.03. The number of nitrogens with two attached hydrogens (primary N) is 1. The van der Waals surface area contributed by atoms with Crippen LogP contribution in [0.25, 0.3) is 0 Å². The monoisotopic (exact) mass is 229 g/mol. The largest absolute Gasteiger partial charge is 0.409 e. The van der Waals surface area contributed by atoms with Gasteiger partial charge in [0, 0.05) is 19.7 Å². The summed E-state index contributed by atoms with van der Waals surface area (Å²) in [5.41, 5.74) is 4.76. The van der Waals surface area contributed by atoms with Crippen molar-refractivity contribution in [3.05, 3.63) is 0 Å². The molecule has 1 fully saturated rings. The first-order valence-electron chi connectivity index (χ1n) is 5.50. The molecule has 1 rings (SSSR count). The van der Waals surface area contributed by atoms with Crippen molar-refractivity contribution in [2.24, 2.45) is 16.3 Å². The molecule has 0 bridgehead atoms. The molecule has 0 aliphatic heterocycles. The second kappa shape index (κ2) is 5.16. The van der Waals surface area contributed by atoms with Crippen molar-refractivity contribution in [3.63, 3.8) is 0 Å². The average Bonchev–Trinajstić information content (AvgIpc) is 3.10. The van der Waals surface area contributed by atoms with Gasteiger partial charge < -0.3 is 20.9 Å². The Kier molecular flexibility index (Phi) is 4.12. The Bertz CT molecular complexity index is 287. The van der Waals surface area contributed by atoms with Gasteiger partial charge in [-0.15, -0.1) is 0 Å². The number of aliphatic hydroxyl groups is 1. The predicted molar refractivity (Wildman–Crippen MR) is 59.0 cm³/mol. The molecule has 0 aromatic heterocycles. The van der Waals surface area contributed by atoms with Crippen molar-refractivity contribution in [1.29, 1.82) is 0 Å². The summed E-state index contributed by atoms with van der Waals surface area (Å²) in [4.78, 5) is 13.8. The normalized spacial score (nSPS) is 18.2. The van der Waals surface area contributed by atoms with Gasteiger partial charge in [0.25, 0.3) is 0 Å². The molecule has 0 radical (unpaired) electrons. The number of aliphatic hydroxyl groups excluding tert-OH is 1. The number of nitrogens with zero attached hydrogens (tertiary/aromatic N) is 2. The molecule has 0 heterocycles. The first-order chi connectivity index (χ1) is 7.62. The van der Waals surface area contributed by atoms with Crippen LogP contribution < -0.4 is 5.73 Å². The van der Waals surface area contributed by atoms with Crippen LogP contribution in [0.15, 0.2) is 5.16 Å². The van der Waals surface area contributed by atoms with Crippen LogP contribution in [0.4, 0.5) is 0 Å². The van der Waals surface area contributed by atoms with Crippen LogP contribution in [0.5, 0.6) is 0 Å². The van der Waals surface area contributed by atoms with Gasteiger partial charge in [0.15, 0.2) is 5.84 Å². The van der Waals surface area contributed by atoms with Gasteiger partial charge in [0.2, 0.25) is 5.91 Å². The van der Waals surface area contributed by atoms with Gasteiger partial charge in [-0.25, -0.2) is 0 Å². The molecule has 0 saturated heterocycles. The summed E-state index contributed by atoms with van der Waals surface area (Å²) in [5, 5.41) is 20.3. The summed E-state index contributed by atoms with van der Waals surface area (Å²) in [6.07, 6.45) is 1.82. The van der Waals surface area contributed by atoms with E-state index in [2.05, 4.69) is 5.16 Å². The van der Waals surface area contributed by atoms with Gasteiger partial charge in [-0.2, -0.15) is 0 Å². The van der Waals surface area contributed by atoms with Crippen molar-refractivity contribution < 1.29 is 15.1 Å². The summed E-state index contributed by atoms with van der Waals surface area (Å²) in [6.45, 7) is 3.00. The third kappa shape index (κ3) is 2.27. The molecule has 0 aromatic rings. The van der Waals surface area contributed by atoms with Gasteiger partial charge >= 0.3 is 0 Å². The maximum absolute atomic E-state index is 12.1. The lowest BCUT2D eigenvalue weighted by molar-refractivity contribution is -0.134. The van der Waals surface area contributed by atoms with Gasteiger partial charge in [-0.3, -0.25) is 4.79 Å². The third-order valence-corrected chi connectivity index (χ3v) is 3.01. The Balaban J connectivity index is 2.68. The fourth-order valence-corrected chi connectivity index (χ4v) is 1.77. The molecule has 0 spiro atoms. The first kappa shape index (κ1) is 12.8. The molecule has 1 saturated carbocycles. The van der Waals surface area contributed by atoms with E-state index < -0.39 is 5.41 Å². The van der Waals surface area contributed by atoms with E-state index >= 15 is 0 Å². The average molecular weight is 229 g/mol. The SMILES string of the molecule is CCN(CCCO)C(=O)C1(C(N)=NO)CC1. The first-order valence-corrected chi connectivity index (χ1v) is 5.50. The summed E-state index contributed by atoms with van der Waals surface area (Å²) < 4.78 is 0. The van der Waals surface area contributed by atoms with Crippen LogP contribution in [-0.4, -0.2) is 46.7 Å². The Hall–Kier alpha value is -1.30. The number of amidine groups is 1. The van der Waals surface area contributed by atoms with Crippen LogP contribution >= 0.6 is 0 Å². The second-order valence-corrected chi connectivity index (χ2v) is 4.03. The predicted octanol–water partition coefficient (Wildman–Crippen LogP) is -0.256. The molecule has 1 aliphatic rings. The summed E-state index contributed by atoms with van der Waals surface area (Å²) >= 11 is 0. The topological polar surface area (TPSA) is 99.2 Å². The quantitative estimate of drug-likeness (QED) is 0.253. The third-order valence-electron chi connectivity index (χ3n) is 3.01. The van der Waals surface area contributed by atoms with E-state index in [1.165, 1.54) is 0 Å².